The van der Waals surface area contributed by atoms with Gasteiger partial charge in [0, 0.05) is 0 Å². The summed E-state index contributed by atoms with van der Waals surface area (Å²) in [6.07, 6.45) is 1.04. The zero-order chi connectivity index (χ0) is 16.2. The van der Waals surface area contributed by atoms with Gasteiger partial charge >= 0.3 is 0 Å². The molecule has 0 aliphatic rings. The number of rotatable bonds is 5. The monoisotopic (exact) mass is 309 g/mol. The van der Waals surface area contributed by atoms with Crippen LogP contribution in [-0.2, 0) is 22.2 Å². The molecular formula is C17H27NO2S. The molecular weight excluding hydrogens is 282 g/mol. The second-order valence-corrected chi connectivity index (χ2v) is 8.87. The molecule has 0 saturated heterocycles. The van der Waals surface area contributed by atoms with Crippen molar-refractivity contribution in [2.75, 3.05) is 0 Å². The first kappa shape index (κ1) is 17.9. The predicted octanol–water partition coefficient (Wildman–Crippen LogP) is 3.57. The van der Waals surface area contributed by atoms with E-state index in [0.717, 1.165) is 12.0 Å². The van der Waals surface area contributed by atoms with Gasteiger partial charge in [-0.15, -0.1) is 0 Å². The van der Waals surface area contributed by atoms with Crippen LogP contribution in [0.1, 0.15) is 58.6 Å². The molecule has 1 aromatic carbocycles. The molecule has 1 N–H and O–H groups in total. The minimum Gasteiger partial charge on any atom is -0.274 e. The van der Waals surface area contributed by atoms with Gasteiger partial charge in [-0.05, 0) is 51.2 Å². The third kappa shape index (κ3) is 5.62. The molecule has 21 heavy (non-hydrogen) atoms. The largest absolute Gasteiger partial charge is 0.274 e. The van der Waals surface area contributed by atoms with Crippen LogP contribution in [0.4, 0.5) is 0 Å². The lowest BCUT2D eigenvalue weighted by Gasteiger charge is -2.20. The summed E-state index contributed by atoms with van der Waals surface area (Å²) in [6.45, 7) is 11.7. The standard InChI is InChI=1S/C17H27NO2S/c1-12(2)11-14-7-9-15(10-8-14)13(3)16(19)18-21(20)17(4,5)6/h7-10,12-13H,11H2,1-6H3,(H,18,19)/t13-,21+/m0/s1. The Kier molecular flexibility index (Phi) is 6.14. The topological polar surface area (TPSA) is 46.2 Å². The highest BCUT2D eigenvalue weighted by atomic mass is 32.2. The molecule has 0 radical (unpaired) electrons. The molecule has 1 amide bonds. The lowest BCUT2D eigenvalue weighted by atomic mass is 9.96. The summed E-state index contributed by atoms with van der Waals surface area (Å²) in [5.41, 5.74) is 2.23. The lowest BCUT2D eigenvalue weighted by Crippen LogP contribution is -2.39. The van der Waals surface area contributed by atoms with Gasteiger partial charge in [-0.2, -0.15) is 0 Å². The van der Waals surface area contributed by atoms with Crippen LogP contribution >= 0.6 is 0 Å². The average molecular weight is 309 g/mol. The molecule has 0 saturated carbocycles. The van der Waals surface area contributed by atoms with E-state index in [9.17, 15) is 9.00 Å². The van der Waals surface area contributed by atoms with Gasteiger partial charge in [0.15, 0.2) is 0 Å². The van der Waals surface area contributed by atoms with Gasteiger partial charge in [-0.25, -0.2) is 4.21 Å². The van der Waals surface area contributed by atoms with Crippen LogP contribution in [-0.4, -0.2) is 14.9 Å². The molecule has 0 bridgehead atoms. The van der Waals surface area contributed by atoms with Gasteiger partial charge in [-0.1, -0.05) is 38.1 Å². The fourth-order valence-corrected chi connectivity index (χ4v) is 2.56. The van der Waals surface area contributed by atoms with Crippen LogP contribution in [0.5, 0.6) is 0 Å². The van der Waals surface area contributed by atoms with E-state index in [-0.39, 0.29) is 11.8 Å². The molecule has 0 unspecified atom stereocenters. The molecule has 118 valence electrons. The Morgan fingerprint density at radius 1 is 1.14 bits per heavy atom. The van der Waals surface area contributed by atoms with Gasteiger partial charge < -0.3 is 0 Å². The molecule has 0 spiro atoms. The van der Waals surface area contributed by atoms with E-state index >= 15 is 0 Å². The molecule has 1 aromatic rings. The lowest BCUT2D eigenvalue weighted by molar-refractivity contribution is -0.120. The Bertz CT molecular complexity index is 501. The molecule has 1 rings (SSSR count). The summed E-state index contributed by atoms with van der Waals surface area (Å²) >= 11 is 0. The maximum absolute atomic E-state index is 12.2. The van der Waals surface area contributed by atoms with Gasteiger partial charge in [0.05, 0.1) is 10.7 Å². The third-order valence-electron chi connectivity index (χ3n) is 3.27. The maximum Gasteiger partial charge on any atom is 0.238 e. The number of carbonyl (C=O) groups excluding carboxylic acids is 1. The Labute approximate surface area is 131 Å². The Balaban J connectivity index is 2.72. The van der Waals surface area contributed by atoms with E-state index in [4.69, 9.17) is 0 Å². The number of nitrogens with one attached hydrogen (secondary N) is 1. The van der Waals surface area contributed by atoms with Crippen molar-refractivity contribution < 1.29 is 9.00 Å². The van der Waals surface area contributed by atoms with Crippen molar-refractivity contribution >= 4 is 16.9 Å². The van der Waals surface area contributed by atoms with Crippen molar-refractivity contribution in [3.8, 4) is 0 Å². The number of carbonyl (C=O) groups is 1. The predicted molar refractivity (Wildman–Crippen MR) is 89.4 cm³/mol. The molecule has 4 heteroatoms. The van der Waals surface area contributed by atoms with E-state index in [1.165, 1.54) is 5.56 Å². The average Bonchev–Trinajstić information content (AvgIpc) is 2.36. The van der Waals surface area contributed by atoms with Crippen molar-refractivity contribution in [2.45, 2.75) is 58.6 Å². The van der Waals surface area contributed by atoms with Crippen molar-refractivity contribution in [3.05, 3.63) is 35.4 Å². The summed E-state index contributed by atoms with van der Waals surface area (Å²) in [5.74, 6) is 0.120. The quantitative estimate of drug-likeness (QED) is 0.904. The zero-order valence-electron chi connectivity index (χ0n) is 13.9. The molecule has 0 aliphatic heterocycles. The van der Waals surface area contributed by atoms with Crippen molar-refractivity contribution in [3.63, 3.8) is 0 Å². The highest BCUT2D eigenvalue weighted by Gasteiger charge is 2.24. The van der Waals surface area contributed by atoms with Gasteiger partial charge in [0.1, 0.15) is 11.0 Å². The second-order valence-electron chi connectivity index (χ2n) is 6.91. The summed E-state index contributed by atoms with van der Waals surface area (Å²) < 4.78 is 14.1. The van der Waals surface area contributed by atoms with Crippen LogP contribution in [0.3, 0.4) is 0 Å². The highest BCUT2D eigenvalue weighted by molar-refractivity contribution is 7.85. The first-order valence-electron chi connectivity index (χ1n) is 7.42. The zero-order valence-corrected chi connectivity index (χ0v) is 14.7. The van der Waals surface area contributed by atoms with E-state index in [0.29, 0.717) is 5.92 Å². The van der Waals surface area contributed by atoms with Gasteiger partial charge in [0.25, 0.3) is 0 Å². The molecule has 0 aromatic heterocycles. The first-order chi connectivity index (χ1) is 9.61. The SMILES string of the molecule is CC(C)Cc1ccc([C@H](C)C(=O)N[S@](=O)C(C)(C)C)cc1. The minimum atomic E-state index is -1.37. The van der Waals surface area contributed by atoms with E-state index < -0.39 is 15.7 Å². The van der Waals surface area contributed by atoms with Crippen LogP contribution in [0, 0.1) is 5.92 Å². The Hall–Kier alpha value is -1.16. The maximum atomic E-state index is 12.2. The van der Waals surface area contributed by atoms with E-state index in [2.05, 4.69) is 30.7 Å². The normalized spacial score (nSPS) is 14.8. The number of hydrogen-bond donors (Lipinski definition) is 1. The fourth-order valence-electron chi connectivity index (χ4n) is 1.90. The number of amides is 1. The van der Waals surface area contributed by atoms with Crippen LogP contribution < -0.4 is 4.72 Å². The first-order valence-corrected chi connectivity index (χ1v) is 8.57. The van der Waals surface area contributed by atoms with E-state index in [1.54, 1.807) is 0 Å². The smallest absolute Gasteiger partial charge is 0.238 e. The van der Waals surface area contributed by atoms with Crippen LogP contribution in [0.2, 0.25) is 0 Å². The van der Waals surface area contributed by atoms with E-state index in [1.807, 2.05) is 39.8 Å². The third-order valence-corrected chi connectivity index (χ3v) is 4.77. The van der Waals surface area contributed by atoms with Crippen molar-refractivity contribution in [1.29, 1.82) is 0 Å². The van der Waals surface area contributed by atoms with Gasteiger partial charge in [-0.3, -0.25) is 9.52 Å². The molecule has 2 atom stereocenters. The minimum absolute atomic E-state index is 0.195. The van der Waals surface area contributed by atoms with Crippen LogP contribution in [0.15, 0.2) is 24.3 Å². The molecule has 0 aliphatic carbocycles. The summed E-state index contributed by atoms with van der Waals surface area (Å²) in [6, 6.07) is 8.11. The highest BCUT2D eigenvalue weighted by Crippen LogP contribution is 2.19. The van der Waals surface area contributed by atoms with Crippen LogP contribution in [0.25, 0.3) is 0 Å². The Morgan fingerprint density at radius 2 is 1.67 bits per heavy atom. The number of benzene rings is 1. The van der Waals surface area contributed by atoms with Gasteiger partial charge in [0.2, 0.25) is 5.91 Å². The second kappa shape index (κ2) is 7.21. The number of hydrogen-bond acceptors (Lipinski definition) is 2. The molecule has 0 heterocycles. The summed E-state index contributed by atoms with van der Waals surface area (Å²) in [4.78, 5) is 12.2. The summed E-state index contributed by atoms with van der Waals surface area (Å²) in [5, 5.41) is 0. The molecule has 3 nitrogen and oxygen atoms in total. The molecule has 0 fully saturated rings. The Morgan fingerprint density at radius 3 is 2.10 bits per heavy atom. The summed E-state index contributed by atoms with van der Waals surface area (Å²) in [7, 11) is -1.37. The van der Waals surface area contributed by atoms with Crippen molar-refractivity contribution in [1.82, 2.24) is 4.72 Å². The fraction of sp³-hybridized carbons (Fsp3) is 0.588. The van der Waals surface area contributed by atoms with Crippen molar-refractivity contribution in [2.24, 2.45) is 5.92 Å².